The number of aliphatic hydroxyl groups excluding tert-OH is 1. The zero-order valence-corrected chi connectivity index (χ0v) is 13.4. The van der Waals surface area contributed by atoms with E-state index in [1.54, 1.807) is 7.11 Å². The number of fused-ring (bicyclic) bond motifs is 1. The lowest BCUT2D eigenvalue weighted by molar-refractivity contribution is 0.155. The van der Waals surface area contributed by atoms with Crippen molar-refractivity contribution in [2.75, 3.05) is 13.7 Å². The van der Waals surface area contributed by atoms with E-state index in [1.807, 2.05) is 13.0 Å². The van der Waals surface area contributed by atoms with Crippen LogP contribution >= 0.6 is 0 Å². The fraction of sp³-hybridized carbons (Fsp3) is 0.647. The highest BCUT2D eigenvalue weighted by molar-refractivity contribution is 5.39. The van der Waals surface area contributed by atoms with E-state index in [-0.39, 0.29) is 17.7 Å². The first-order chi connectivity index (χ1) is 9.98. The molecule has 1 aromatic carbocycles. The number of rotatable bonds is 6. The van der Waals surface area contributed by atoms with E-state index in [9.17, 15) is 5.11 Å². The van der Waals surface area contributed by atoms with Crippen molar-refractivity contribution >= 4 is 0 Å². The molecule has 0 radical (unpaired) electrons. The molecule has 1 aromatic rings. The summed E-state index contributed by atoms with van der Waals surface area (Å²) in [6, 6.07) is 6.56. The minimum Gasteiger partial charge on any atom is -0.497 e. The summed E-state index contributed by atoms with van der Waals surface area (Å²) < 4.78 is 5.33. The number of nitrogens with one attached hydrogen (secondary N) is 1. The van der Waals surface area contributed by atoms with Gasteiger partial charge in [0, 0.05) is 18.1 Å². The van der Waals surface area contributed by atoms with Crippen molar-refractivity contribution in [1.82, 2.24) is 5.32 Å². The molecule has 0 saturated carbocycles. The Balaban J connectivity index is 2.14. The molecule has 118 valence electrons. The molecule has 4 nitrogen and oxygen atoms in total. The predicted molar refractivity (Wildman–Crippen MR) is 85.7 cm³/mol. The van der Waals surface area contributed by atoms with Crippen LogP contribution in [0.3, 0.4) is 0 Å². The Labute approximate surface area is 127 Å². The lowest BCUT2D eigenvalue weighted by Gasteiger charge is -2.41. The molecule has 0 aromatic heterocycles. The zero-order valence-electron chi connectivity index (χ0n) is 13.4. The van der Waals surface area contributed by atoms with E-state index in [4.69, 9.17) is 10.5 Å². The Kier molecular flexibility index (Phi) is 5.25. The molecule has 0 heterocycles. The Hall–Kier alpha value is -1.10. The van der Waals surface area contributed by atoms with Crippen molar-refractivity contribution in [3.05, 3.63) is 29.3 Å². The van der Waals surface area contributed by atoms with Crippen LogP contribution in [0.15, 0.2) is 18.2 Å². The molecule has 0 amide bonds. The van der Waals surface area contributed by atoms with Crippen molar-refractivity contribution < 1.29 is 9.84 Å². The molecule has 4 heteroatoms. The Morgan fingerprint density at radius 1 is 1.38 bits per heavy atom. The fourth-order valence-corrected chi connectivity index (χ4v) is 3.41. The normalized spacial score (nSPS) is 24.2. The van der Waals surface area contributed by atoms with E-state index in [2.05, 4.69) is 24.4 Å². The number of hydrogen-bond donors (Lipinski definition) is 3. The number of benzene rings is 1. The van der Waals surface area contributed by atoms with Gasteiger partial charge >= 0.3 is 0 Å². The van der Waals surface area contributed by atoms with Gasteiger partial charge in [-0.15, -0.1) is 0 Å². The second kappa shape index (κ2) is 6.77. The van der Waals surface area contributed by atoms with E-state index in [0.717, 1.165) is 31.4 Å². The summed E-state index contributed by atoms with van der Waals surface area (Å²) in [5.74, 6) is 0.901. The summed E-state index contributed by atoms with van der Waals surface area (Å²) in [6.45, 7) is 4.55. The first-order valence-electron chi connectivity index (χ1n) is 7.79. The van der Waals surface area contributed by atoms with Gasteiger partial charge in [0.25, 0.3) is 0 Å². The van der Waals surface area contributed by atoms with E-state index < -0.39 is 0 Å². The minimum absolute atomic E-state index is 0.0757. The third kappa shape index (κ3) is 3.96. The summed E-state index contributed by atoms with van der Waals surface area (Å²) >= 11 is 0. The molecular weight excluding hydrogens is 264 g/mol. The average Bonchev–Trinajstić information content (AvgIpc) is 2.45. The molecule has 3 atom stereocenters. The maximum absolute atomic E-state index is 9.55. The number of methoxy groups -OCH3 is 1. The van der Waals surface area contributed by atoms with Crippen LogP contribution < -0.4 is 15.8 Å². The number of aryl methyl sites for hydroxylation is 1. The van der Waals surface area contributed by atoms with Crippen LogP contribution in [-0.2, 0) is 12.8 Å². The molecule has 1 aliphatic carbocycles. The average molecular weight is 292 g/mol. The molecule has 21 heavy (non-hydrogen) atoms. The maximum Gasteiger partial charge on any atom is 0.119 e. The summed E-state index contributed by atoms with van der Waals surface area (Å²) in [6.07, 6.45) is 3.43. The van der Waals surface area contributed by atoms with Crippen LogP contribution in [0.4, 0.5) is 0 Å². The first kappa shape index (κ1) is 16.3. The van der Waals surface area contributed by atoms with Crippen LogP contribution in [-0.4, -0.2) is 36.4 Å². The minimum atomic E-state index is -0.293. The molecule has 0 aliphatic heterocycles. The highest BCUT2D eigenvalue weighted by Crippen LogP contribution is 2.31. The molecule has 0 fully saturated rings. The van der Waals surface area contributed by atoms with Gasteiger partial charge in [0.05, 0.1) is 13.2 Å². The Morgan fingerprint density at radius 3 is 2.76 bits per heavy atom. The molecule has 3 unspecified atom stereocenters. The van der Waals surface area contributed by atoms with Crippen molar-refractivity contribution in [3.8, 4) is 5.75 Å². The highest BCUT2D eigenvalue weighted by Gasteiger charge is 2.34. The van der Waals surface area contributed by atoms with Gasteiger partial charge in [0.2, 0.25) is 0 Å². The summed E-state index contributed by atoms with van der Waals surface area (Å²) in [5, 5.41) is 13.2. The van der Waals surface area contributed by atoms with Crippen LogP contribution in [0, 0.1) is 0 Å². The first-order valence-corrected chi connectivity index (χ1v) is 7.79. The van der Waals surface area contributed by atoms with E-state index in [1.165, 1.54) is 11.1 Å². The molecule has 0 bridgehead atoms. The second-order valence-electron chi connectivity index (χ2n) is 6.43. The van der Waals surface area contributed by atoms with Crippen molar-refractivity contribution in [1.29, 1.82) is 0 Å². The molecular formula is C17H28N2O2. The highest BCUT2D eigenvalue weighted by atomic mass is 16.5. The molecule has 4 N–H and O–H groups in total. The number of hydrogen-bond acceptors (Lipinski definition) is 4. The lowest BCUT2D eigenvalue weighted by atomic mass is 9.77. The van der Waals surface area contributed by atoms with Gasteiger partial charge in [0.15, 0.2) is 0 Å². The van der Waals surface area contributed by atoms with Crippen molar-refractivity contribution in [2.45, 2.75) is 57.2 Å². The van der Waals surface area contributed by atoms with Crippen LogP contribution in [0.25, 0.3) is 0 Å². The quantitative estimate of drug-likeness (QED) is 0.745. The van der Waals surface area contributed by atoms with E-state index >= 15 is 0 Å². The molecule has 2 rings (SSSR count). The van der Waals surface area contributed by atoms with Crippen LogP contribution in [0.1, 0.15) is 37.8 Å². The van der Waals surface area contributed by atoms with Gasteiger partial charge in [-0.2, -0.15) is 0 Å². The van der Waals surface area contributed by atoms with Gasteiger partial charge in [-0.1, -0.05) is 6.07 Å². The van der Waals surface area contributed by atoms with Crippen LogP contribution in [0.2, 0.25) is 0 Å². The third-order valence-electron chi connectivity index (χ3n) is 4.45. The van der Waals surface area contributed by atoms with Gasteiger partial charge in [0.1, 0.15) is 5.75 Å². The molecule has 0 spiro atoms. The predicted octanol–water partition coefficient (Wildman–Crippen LogP) is 1.63. The number of nitrogens with two attached hydrogens (primary N) is 1. The maximum atomic E-state index is 9.55. The molecule has 0 saturated heterocycles. The summed E-state index contributed by atoms with van der Waals surface area (Å²) in [7, 11) is 1.70. The number of aliphatic hydroxyl groups is 1. The van der Waals surface area contributed by atoms with Gasteiger partial charge < -0.3 is 20.9 Å². The zero-order chi connectivity index (χ0) is 15.5. The van der Waals surface area contributed by atoms with Gasteiger partial charge in [-0.25, -0.2) is 0 Å². The third-order valence-corrected chi connectivity index (χ3v) is 4.45. The van der Waals surface area contributed by atoms with Crippen molar-refractivity contribution in [2.24, 2.45) is 5.73 Å². The largest absolute Gasteiger partial charge is 0.497 e. The van der Waals surface area contributed by atoms with Crippen molar-refractivity contribution in [3.63, 3.8) is 0 Å². The SMILES string of the molecule is COc1ccc2c(c1)CC(CN)(NC(C)CC(C)O)CC2. The van der Waals surface area contributed by atoms with Crippen LogP contribution in [0.5, 0.6) is 5.75 Å². The Bertz CT molecular complexity index is 476. The topological polar surface area (TPSA) is 67.5 Å². The summed E-state index contributed by atoms with van der Waals surface area (Å²) in [5.41, 5.74) is 8.73. The second-order valence-corrected chi connectivity index (χ2v) is 6.43. The number of ether oxygens (including phenoxy) is 1. The van der Waals surface area contributed by atoms with Gasteiger partial charge in [-0.05, 0) is 62.8 Å². The smallest absolute Gasteiger partial charge is 0.119 e. The standard InChI is InChI=1S/C17H28N2O2/c1-12(8-13(2)20)19-17(11-18)7-6-14-4-5-16(21-3)9-15(14)10-17/h4-5,9,12-13,19-20H,6-8,10-11,18H2,1-3H3. The summed E-state index contributed by atoms with van der Waals surface area (Å²) in [4.78, 5) is 0. The Morgan fingerprint density at radius 2 is 2.14 bits per heavy atom. The monoisotopic (exact) mass is 292 g/mol. The van der Waals surface area contributed by atoms with E-state index in [0.29, 0.717) is 6.54 Å². The lowest BCUT2D eigenvalue weighted by Crippen LogP contribution is -2.58. The van der Waals surface area contributed by atoms with Gasteiger partial charge in [-0.3, -0.25) is 0 Å². The fourth-order valence-electron chi connectivity index (χ4n) is 3.41. The molecule has 1 aliphatic rings.